The lowest BCUT2D eigenvalue weighted by Gasteiger charge is -2.24. The molecular weight excluding hydrogens is 282 g/mol. The summed E-state index contributed by atoms with van der Waals surface area (Å²) in [6.07, 6.45) is 1.24. The number of rotatable bonds is 2. The molecule has 0 amide bonds. The highest BCUT2D eigenvalue weighted by Crippen LogP contribution is 2.39. The van der Waals surface area contributed by atoms with E-state index in [1.165, 1.54) is 6.08 Å². The SMILES string of the molecule is N=C1C(O)=CC2=C(C[C@@H](CC(=O)O)c3ccccc3C2)C1O. The minimum Gasteiger partial charge on any atom is -0.506 e. The van der Waals surface area contributed by atoms with Gasteiger partial charge in [-0.3, -0.25) is 10.2 Å². The summed E-state index contributed by atoms with van der Waals surface area (Å²) < 4.78 is 0. The van der Waals surface area contributed by atoms with Crippen LogP contribution in [0.1, 0.15) is 29.9 Å². The number of allylic oxidation sites excluding steroid dienone is 2. The average molecular weight is 299 g/mol. The molecule has 3 rings (SSSR count). The van der Waals surface area contributed by atoms with E-state index in [1.54, 1.807) is 0 Å². The maximum absolute atomic E-state index is 11.2. The molecule has 0 saturated carbocycles. The Morgan fingerprint density at radius 2 is 2.05 bits per heavy atom. The van der Waals surface area contributed by atoms with E-state index < -0.39 is 12.1 Å². The van der Waals surface area contributed by atoms with Crippen LogP contribution in [0.25, 0.3) is 0 Å². The third-order valence-corrected chi connectivity index (χ3v) is 4.37. The van der Waals surface area contributed by atoms with Gasteiger partial charge < -0.3 is 15.3 Å². The molecule has 2 aliphatic rings. The topological polar surface area (TPSA) is 102 Å². The molecule has 4 N–H and O–H groups in total. The minimum atomic E-state index is -1.16. The third kappa shape index (κ3) is 2.44. The molecule has 1 unspecified atom stereocenters. The van der Waals surface area contributed by atoms with E-state index in [1.807, 2.05) is 24.3 Å². The number of benzene rings is 1. The molecule has 0 radical (unpaired) electrons. The standard InChI is InChI=1S/C17H17NO4/c18-16-14(19)7-10-5-9-3-1-2-4-12(9)11(8-15(20)21)6-13(10)17(16)22/h1-4,7,11,17-19,22H,5-6,8H2,(H,20,21)/t11-,17?/m0/s1. The molecular formula is C17H17NO4. The number of aliphatic hydroxyl groups is 2. The zero-order valence-electron chi connectivity index (χ0n) is 11.9. The largest absolute Gasteiger partial charge is 0.506 e. The molecule has 5 heteroatoms. The number of aliphatic carboxylic acids is 1. The Labute approximate surface area is 127 Å². The Hall–Kier alpha value is -2.40. The molecule has 0 spiro atoms. The lowest BCUT2D eigenvalue weighted by Crippen LogP contribution is -2.29. The molecule has 114 valence electrons. The van der Waals surface area contributed by atoms with Gasteiger partial charge in [-0.25, -0.2) is 0 Å². The van der Waals surface area contributed by atoms with E-state index in [4.69, 9.17) is 10.5 Å². The van der Waals surface area contributed by atoms with Crippen molar-refractivity contribution in [3.8, 4) is 0 Å². The Balaban J connectivity index is 2.09. The van der Waals surface area contributed by atoms with Gasteiger partial charge in [-0.2, -0.15) is 0 Å². The fraction of sp³-hybridized carbons (Fsp3) is 0.294. The number of carbonyl (C=O) groups is 1. The number of nitrogens with one attached hydrogen (secondary N) is 1. The van der Waals surface area contributed by atoms with Gasteiger partial charge in [0, 0.05) is 0 Å². The van der Waals surface area contributed by atoms with Gasteiger partial charge in [0.15, 0.2) is 0 Å². The fourth-order valence-electron chi connectivity index (χ4n) is 3.30. The van der Waals surface area contributed by atoms with E-state index in [0.29, 0.717) is 18.4 Å². The zero-order valence-corrected chi connectivity index (χ0v) is 11.9. The molecule has 1 aromatic carbocycles. The fourth-order valence-corrected chi connectivity index (χ4v) is 3.30. The lowest BCUT2D eigenvalue weighted by atomic mass is 9.84. The highest BCUT2D eigenvalue weighted by atomic mass is 16.4. The predicted octanol–water partition coefficient (Wildman–Crippen LogP) is 2.32. The smallest absolute Gasteiger partial charge is 0.303 e. The van der Waals surface area contributed by atoms with Crippen molar-refractivity contribution in [1.82, 2.24) is 0 Å². The minimum absolute atomic E-state index is 0.0243. The molecule has 0 heterocycles. The van der Waals surface area contributed by atoms with Crippen molar-refractivity contribution in [2.24, 2.45) is 0 Å². The summed E-state index contributed by atoms with van der Waals surface area (Å²) in [5.74, 6) is -1.35. The van der Waals surface area contributed by atoms with Crippen molar-refractivity contribution in [3.63, 3.8) is 0 Å². The van der Waals surface area contributed by atoms with Crippen LogP contribution in [0.3, 0.4) is 0 Å². The molecule has 1 aromatic rings. The Kier molecular flexibility index (Phi) is 3.58. The van der Waals surface area contributed by atoms with Crippen LogP contribution in [-0.4, -0.2) is 33.1 Å². The molecule has 2 atom stereocenters. The highest BCUT2D eigenvalue weighted by Gasteiger charge is 2.33. The zero-order chi connectivity index (χ0) is 15.9. The maximum atomic E-state index is 11.2. The first kappa shape index (κ1) is 14.5. The number of carboxylic acids is 1. The lowest BCUT2D eigenvalue weighted by molar-refractivity contribution is -0.137. The van der Waals surface area contributed by atoms with Crippen molar-refractivity contribution in [2.45, 2.75) is 31.3 Å². The van der Waals surface area contributed by atoms with Gasteiger partial charge in [0.25, 0.3) is 0 Å². The number of carboxylic acid groups (broad SMARTS) is 1. The van der Waals surface area contributed by atoms with Gasteiger partial charge in [-0.1, -0.05) is 24.3 Å². The van der Waals surface area contributed by atoms with Gasteiger partial charge in [-0.15, -0.1) is 0 Å². The molecule has 2 aliphatic carbocycles. The molecule has 22 heavy (non-hydrogen) atoms. The van der Waals surface area contributed by atoms with E-state index in [0.717, 1.165) is 16.7 Å². The van der Waals surface area contributed by atoms with Crippen molar-refractivity contribution in [1.29, 1.82) is 5.41 Å². The Bertz CT molecular complexity index is 717. The van der Waals surface area contributed by atoms with Crippen LogP contribution in [0.2, 0.25) is 0 Å². The van der Waals surface area contributed by atoms with Crippen LogP contribution in [0.5, 0.6) is 0 Å². The normalized spacial score (nSPS) is 24.2. The van der Waals surface area contributed by atoms with E-state index in [9.17, 15) is 15.0 Å². The van der Waals surface area contributed by atoms with Crippen molar-refractivity contribution in [2.75, 3.05) is 0 Å². The Morgan fingerprint density at radius 3 is 2.77 bits per heavy atom. The number of aliphatic hydroxyl groups excluding tert-OH is 2. The van der Waals surface area contributed by atoms with E-state index >= 15 is 0 Å². The van der Waals surface area contributed by atoms with Crippen LogP contribution in [0.4, 0.5) is 0 Å². The third-order valence-electron chi connectivity index (χ3n) is 4.37. The maximum Gasteiger partial charge on any atom is 0.303 e. The first-order chi connectivity index (χ1) is 10.5. The predicted molar refractivity (Wildman–Crippen MR) is 81.2 cm³/mol. The first-order valence-corrected chi connectivity index (χ1v) is 7.16. The van der Waals surface area contributed by atoms with Crippen LogP contribution < -0.4 is 0 Å². The number of fused-ring (bicyclic) bond motifs is 1. The van der Waals surface area contributed by atoms with Gasteiger partial charge in [0.2, 0.25) is 0 Å². The van der Waals surface area contributed by atoms with Crippen molar-refractivity contribution >= 4 is 11.7 Å². The van der Waals surface area contributed by atoms with E-state index in [2.05, 4.69) is 0 Å². The molecule has 0 fully saturated rings. The molecule has 0 bridgehead atoms. The summed E-state index contributed by atoms with van der Waals surface area (Å²) in [5.41, 5.74) is 3.17. The highest BCUT2D eigenvalue weighted by molar-refractivity contribution is 6.02. The van der Waals surface area contributed by atoms with Crippen molar-refractivity contribution < 1.29 is 20.1 Å². The second-order valence-electron chi connectivity index (χ2n) is 5.77. The summed E-state index contributed by atoms with van der Waals surface area (Å²) in [4.78, 5) is 11.2. The first-order valence-electron chi connectivity index (χ1n) is 7.16. The van der Waals surface area contributed by atoms with Crippen LogP contribution >= 0.6 is 0 Å². The summed E-state index contributed by atoms with van der Waals surface area (Å²) in [7, 11) is 0. The van der Waals surface area contributed by atoms with Gasteiger partial charge in [0.05, 0.1) is 6.42 Å². The molecule has 0 aliphatic heterocycles. The average Bonchev–Trinajstić information content (AvgIpc) is 2.62. The Morgan fingerprint density at radius 1 is 1.32 bits per heavy atom. The van der Waals surface area contributed by atoms with Crippen molar-refractivity contribution in [3.05, 3.63) is 58.4 Å². The van der Waals surface area contributed by atoms with Crippen LogP contribution in [0, 0.1) is 5.41 Å². The summed E-state index contributed by atoms with van der Waals surface area (Å²) in [6, 6.07) is 7.64. The van der Waals surface area contributed by atoms with Crippen LogP contribution in [-0.2, 0) is 11.2 Å². The number of hydrogen-bond acceptors (Lipinski definition) is 4. The quantitative estimate of drug-likeness (QED) is 0.673. The summed E-state index contributed by atoms with van der Waals surface area (Å²) in [5, 5.41) is 37.0. The van der Waals surface area contributed by atoms with Crippen LogP contribution in [0.15, 0.2) is 47.2 Å². The second-order valence-corrected chi connectivity index (χ2v) is 5.77. The van der Waals surface area contributed by atoms with Gasteiger partial charge in [-0.05, 0) is 47.1 Å². The number of hydrogen-bond donors (Lipinski definition) is 4. The van der Waals surface area contributed by atoms with Gasteiger partial charge in [0.1, 0.15) is 17.6 Å². The molecule has 5 nitrogen and oxygen atoms in total. The monoisotopic (exact) mass is 299 g/mol. The molecule has 0 aromatic heterocycles. The molecule has 0 saturated heterocycles. The summed E-state index contributed by atoms with van der Waals surface area (Å²) >= 11 is 0. The van der Waals surface area contributed by atoms with Gasteiger partial charge >= 0.3 is 5.97 Å². The summed E-state index contributed by atoms with van der Waals surface area (Å²) in [6.45, 7) is 0. The van der Waals surface area contributed by atoms with E-state index in [-0.39, 0.29) is 23.8 Å². The second kappa shape index (κ2) is 5.42.